The van der Waals surface area contributed by atoms with E-state index in [-0.39, 0.29) is 16.2 Å². The first kappa shape index (κ1) is 16.1. The van der Waals surface area contributed by atoms with Gasteiger partial charge in [0, 0.05) is 23.7 Å². The summed E-state index contributed by atoms with van der Waals surface area (Å²) in [5.74, 6) is -0.303. The van der Waals surface area contributed by atoms with Gasteiger partial charge in [-0.1, -0.05) is 45.1 Å². The molecule has 0 aliphatic carbocycles. The fourth-order valence-corrected chi connectivity index (χ4v) is 2.12. The zero-order valence-electron chi connectivity index (χ0n) is 12.3. The minimum Gasteiger partial charge on any atom is -0.389 e. The Morgan fingerprint density at radius 1 is 1.42 bits per heavy atom. The predicted molar refractivity (Wildman–Crippen MR) is 82.7 cm³/mol. The zero-order valence-corrected chi connectivity index (χ0v) is 13.1. The average molecular weight is 282 g/mol. The summed E-state index contributed by atoms with van der Waals surface area (Å²) >= 11 is 4.86. The third-order valence-electron chi connectivity index (χ3n) is 3.68. The topological polar surface area (TPSA) is 29.3 Å². The van der Waals surface area contributed by atoms with Crippen LogP contribution in [0.25, 0.3) is 0 Å². The van der Waals surface area contributed by atoms with E-state index < -0.39 is 0 Å². The number of nitrogens with two attached hydrogens (primary N) is 1. The van der Waals surface area contributed by atoms with Gasteiger partial charge >= 0.3 is 0 Å². The second kappa shape index (κ2) is 5.97. The normalized spacial score (nSPS) is 13.6. The van der Waals surface area contributed by atoms with Crippen molar-refractivity contribution in [2.45, 2.75) is 40.3 Å². The van der Waals surface area contributed by atoms with Crippen molar-refractivity contribution in [3.05, 3.63) is 35.1 Å². The Morgan fingerprint density at radius 3 is 2.47 bits per heavy atom. The fourth-order valence-electron chi connectivity index (χ4n) is 1.96. The lowest BCUT2D eigenvalue weighted by atomic mass is 9.87. The molecule has 0 saturated carbocycles. The molecule has 0 saturated heterocycles. The van der Waals surface area contributed by atoms with Crippen LogP contribution in [0.3, 0.4) is 0 Å². The van der Waals surface area contributed by atoms with Gasteiger partial charge in [0.25, 0.3) is 0 Å². The number of halogens is 1. The van der Waals surface area contributed by atoms with Gasteiger partial charge in [-0.2, -0.15) is 0 Å². The number of nitrogens with zero attached hydrogens (tertiary/aromatic N) is 1. The first-order valence-corrected chi connectivity index (χ1v) is 6.83. The number of hydrogen-bond acceptors (Lipinski definition) is 2. The predicted octanol–water partition coefficient (Wildman–Crippen LogP) is 3.33. The van der Waals surface area contributed by atoms with Crippen LogP contribution >= 0.6 is 12.2 Å². The summed E-state index contributed by atoms with van der Waals surface area (Å²) in [4.78, 5) is 2.24. The Hall–Kier alpha value is -1.00. The molecule has 2 N–H and O–H groups in total. The molecular formula is C15H23FN2S. The third kappa shape index (κ3) is 3.98. The molecule has 0 aliphatic rings. The Balaban J connectivity index is 2.95. The van der Waals surface area contributed by atoms with E-state index in [1.54, 1.807) is 18.2 Å². The molecule has 4 heteroatoms. The molecule has 1 rings (SSSR count). The maximum Gasteiger partial charge on any atom is 0.137 e. The number of hydrogen-bond donors (Lipinski definition) is 1. The highest BCUT2D eigenvalue weighted by molar-refractivity contribution is 7.80. The van der Waals surface area contributed by atoms with Crippen molar-refractivity contribution in [2.75, 3.05) is 7.05 Å². The van der Waals surface area contributed by atoms with Crippen molar-refractivity contribution in [3.8, 4) is 0 Å². The highest BCUT2D eigenvalue weighted by atomic mass is 32.1. The molecule has 2 nitrogen and oxygen atoms in total. The summed E-state index contributed by atoms with van der Waals surface area (Å²) in [6, 6.07) is 5.53. The molecule has 0 spiro atoms. The van der Waals surface area contributed by atoms with Gasteiger partial charge in [0.2, 0.25) is 0 Å². The van der Waals surface area contributed by atoms with Gasteiger partial charge in [-0.3, -0.25) is 4.90 Å². The van der Waals surface area contributed by atoms with E-state index >= 15 is 0 Å². The molecule has 1 unspecified atom stereocenters. The summed E-state index contributed by atoms with van der Waals surface area (Å²) < 4.78 is 14.2. The summed E-state index contributed by atoms with van der Waals surface area (Å²) in [7, 11) is 2.00. The van der Waals surface area contributed by atoms with Crippen molar-refractivity contribution < 1.29 is 4.39 Å². The van der Waals surface area contributed by atoms with Gasteiger partial charge in [0.15, 0.2) is 0 Å². The van der Waals surface area contributed by atoms with Crippen molar-refractivity contribution in [1.82, 2.24) is 4.90 Å². The number of thiocarbonyl (C=S) groups is 1. The van der Waals surface area contributed by atoms with Crippen LogP contribution < -0.4 is 5.73 Å². The monoisotopic (exact) mass is 282 g/mol. The molecular weight excluding hydrogens is 259 g/mol. The Labute approximate surface area is 120 Å². The Morgan fingerprint density at radius 2 is 2.00 bits per heavy atom. The molecule has 0 heterocycles. The molecule has 106 valence electrons. The second-order valence-corrected chi connectivity index (χ2v) is 6.54. The van der Waals surface area contributed by atoms with Gasteiger partial charge in [-0.15, -0.1) is 0 Å². The average Bonchev–Trinajstić information content (AvgIpc) is 2.29. The highest BCUT2D eigenvalue weighted by Gasteiger charge is 2.24. The lowest BCUT2D eigenvalue weighted by Crippen LogP contribution is -2.39. The van der Waals surface area contributed by atoms with Crippen molar-refractivity contribution >= 4 is 17.2 Å². The SMILES string of the molecule is CC(N(C)Cc1cccc(C(N)=S)c1F)C(C)(C)C. The zero-order chi connectivity index (χ0) is 14.8. The molecule has 1 atom stereocenters. The van der Waals surface area contributed by atoms with E-state index in [9.17, 15) is 4.39 Å². The maximum atomic E-state index is 14.2. The first-order valence-electron chi connectivity index (χ1n) is 6.42. The lowest BCUT2D eigenvalue weighted by Gasteiger charge is -2.35. The van der Waals surface area contributed by atoms with Gasteiger partial charge in [-0.25, -0.2) is 4.39 Å². The minimum atomic E-state index is -0.303. The highest BCUT2D eigenvalue weighted by Crippen LogP contribution is 2.25. The number of benzene rings is 1. The third-order valence-corrected chi connectivity index (χ3v) is 3.90. The van der Waals surface area contributed by atoms with Crippen LogP contribution in [-0.4, -0.2) is 23.0 Å². The minimum absolute atomic E-state index is 0.103. The molecule has 1 aromatic carbocycles. The van der Waals surface area contributed by atoms with Gasteiger partial charge in [-0.05, 0) is 25.5 Å². The standard InChI is InChI=1S/C15H23FN2S/c1-10(15(2,3)4)18(5)9-11-7-6-8-12(13(11)16)14(17)19/h6-8,10H,9H2,1-5H3,(H2,17,19). The summed E-state index contributed by atoms with van der Waals surface area (Å²) in [6.45, 7) is 9.22. The molecule has 19 heavy (non-hydrogen) atoms. The van der Waals surface area contributed by atoms with E-state index in [4.69, 9.17) is 18.0 Å². The summed E-state index contributed by atoms with van der Waals surface area (Å²) in [6.07, 6.45) is 0. The Bertz CT molecular complexity index is 466. The molecule has 0 aliphatic heterocycles. The van der Waals surface area contributed by atoms with Gasteiger partial charge < -0.3 is 5.73 Å². The smallest absolute Gasteiger partial charge is 0.137 e. The molecule has 0 aromatic heterocycles. The van der Waals surface area contributed by atoms with Crippen LogP contribution in [-0.2, 0) is 6.54 Å². The van der Waals surface area contributed by atoms with E-state index in [1.165, 1.54) is 0 Å². The molecule has 0 bridgehead atoms. The van der Waals surface area contributed by atoms with Gasteiger partial charge in [0.05, 0.1) is 0 Å². The van der Waals surface area contributed by atoms with Crippen LogP contribution in [0.4, 0.5) is 4.39 Å². The second-order valence-electron chi connectivity index (χ2n) is 6.10. The van der Waals surface area contributed by atoms with E-state index in [0.717, 1.165) is 0 Å². The fraction of sp³-hybridized carbons (Fsp3) is 0.533. The largest absolute Gasteiger partial charge is 0.389 e. The van der Waals surface area contributed by atoms with Crippen LogP contribution in [0, 0.1) is 11.2 Å². The van der Waals surface area contributed by atoms with E-state index in [0.29, 0.717) is 23.7 Å². The number of rotatable bonds is 4. The van der Waals surface area contributed by atoms with Gasteiger partial charge in [0.1, 0.15) is 10.8 Å². The maximum absolute atomic E-state index is 14.2. The lowest BCUT2D eigenvalue weighted by molar-refractivity contribution is 0.133. The quantitative estimate of drug-likeness (QED) is 0.859. The van der Waals surface area contributed by atoms with Crippen molar-refractivity contribution in [3.63, 3.8) is 0 Å². The van der Waals surface area contributed by atoms with Crippen molar-refractivity contribution in [2.24, 2.45) is 11.1 Å². The summed E-state index contributed by atoms with van der Waals surface area (Å²) in [5, 5.41) is 0. The Kier molecular flexibility index (Phi) is 5.04. The molecule has 0 fully saturated rings. The van der Waals surface area contributed by atoms with Crippen molar-refractivity contribution in [1.29, 1.82) is 0 Å². The van der Waals surface area contributed by atoms with Crippen LogP contribution in [0.1, 0.15) is 38.8 Å². The van der Waals surface area contributed by atoms with E-state index in [2.05, 4.69) is 32.6 Å². The van der Waals surface area contributed by atoms with Crippen LogP contribution in [0.2, 0.25) is 0 Å². The van der Waals surface area contributed by atoms with Crippen LogP contribution in [0.15, 0.2) is 18.2 Å². The van der Waals surface area contributed by atoms with E-state index in [1.807, 2.05) is 7.05 Å². The summed E-state index contributed by atoms with van der Waals surface area (Å²) in [5.41, 5.74) is 6.62. The molecule has 1 aromatic rings. The first-order chi connectivity index (χ1) is 8.64. The van der Waals surface area contributed by atoms with Crippen LogP contribution in [0.5, 0.6) is 0 Å². The molecule has 0 radical (unpaired) electrons. The molecule has 0 amide bonds.